The fraction of sp³-hybridized carbons (Fsp3) is 0.538. The highest BCUT2D eigenvalue weighted by Gasteiger charge is 2.16. The molecule has 1 heterocycles. The summed E-state index contributed by atoms with van der Waals surface area (Å²) in [6.07, 6.45) is 1.30. The van der Waals surface area contributed by atoms with Gasteiger partial charge in [0.1, 0.15) is 0 Å². The minimum absolute atomic E-state index is 0.796. The molecule has 16 heavy (non-hydrogen) atoms. The monoisotopic (exact) mass is 282 g/mol. The minimum Gasteiger partial charge on any atom is -0.374 e. The molecule has 1 saturated heterocycles. The van der Waals surface area contributed by atoms with Crippen molar-refractivity contribution in [1.82, 2.24) is 5.32 Å². The maximum atomic E-state index is 3.59. The van der Waals surface area contributed by atoms with Crippen LogP contribution in [0, 0.1) is 12.8 Å². The summed E-state index contributed by atoms with van der Waals surface area (Å²) in [5.41, 5.74) is 2.59. The summed E-state index contributed by atoms with van der Waals surface area (Å²) < 4.78 is 1.20. The van der Waals surface area contributed by atoms with E-state index in [0.717, 1.165) is 19.0 Å². The van der Waals surface area contributed by atoms with E-state index in [4.69, 9.17) is 0 Å². The van der Waals surface area contributed by atoms with Crippen LogP contribution >= 0.6 is 15.9 Å². The highest BCUT2D eigenvalue weighted by atomic mass is 79.9. The molecule has 1 fully saturated rings. The summed E-state index contributed by atoms with van der Waals surface area (Å²) in [7, 11) is 2.18. The van der Waals surface area contributed by atoms with Crippen LogP contribution in [-0.4, -0.2) is 26.7 Å². The summed E-state index contributed by atoms with van der Waals surface area (Å²) >= 11 is 3.59. The molecule has 1 atom stereocenters. The Kier molecular flexibility index (Phi) is 3.87. The molecule has 1 unspecified atom stereocenters. The van der Waals surface area contributed by atoms with Gasteiger partial charge in [0.15, 0.2) is 0 Å². The first-order valence-electron chi connectivity index (χ1n) is 5.85. The quantitative estimate of drug-likeness (QED) is 0.917. The van der Waals surface area contributed by atoms with Crippen LogP contribution in [0.5, 0.6) is 0 Å². The SMILES string of the molecule is Cc1ccc(N(C)CC2CCNC2)cc1Br. The fourth-order valence-electron chi connectivity index (χ4n) is 2.18. The van der Waals surface area contributed by atoms with Gasteiger partial charge in [0.25, 0.3) is 0 Å². The first-order valence-corrected chi connectivity index (χ1v) is 6.64. The molecule has 1 aromatic rings. The number of nitrogens with zero attached hydrogens (tertiary/aromatic N) is 1. The molecule has 1 aromatic carbocycles. The van der Waals surface area contributed by atoms with Gasteiger partial charge in [0.2, 0.25) is 0 Å². The van der Waals surface area contributed by atoms with Crippen LogP contribution in [0.2, 0.25) is 0 Å². The number of benzene rings is 1. The van der Waals surface area contributed by atoms with E-state index in [1.807, 2.05) is 0 Å². The van der Waals surface area contributed by atoms with E-state index in [0.29, 0.717) is 0 Å². The maximum absolute atomic E-state index is 3.59. The Morgan fingerprint density at radius 3 is 2.94 bits per heavy atom. The normalized spacial score (nSPS) is 20.1. The molecule has 0 amide bonds. The highest BCUT2D eigenvalue weighted by Crippen LogP contribution is 2.24. The number of aryl methyl sites for hydroxylation is 1. The molecule has 2 rings (SSSR count). The van der Waals surface area contributed by atoms with Crippen LogP contribution in [-0.2, 0) is 0 Å². The third kappa shape index (κ3) is 2.77. The topological polar surface area (TPSA) is 15.3 Å². The minimum atomic E-state index is 0.796. The van der Waals surface area contributed by atoms with Gasteiger partial charge in [0.05, 0.1) is 0 Å². The van der Waals surface area contributed by atoms with Crippen LogP contribution in [0.25, 0.3) is 0 Å². The van der Waals surface area contributed by atoms with E-state index >= 15 is 0 Å². The van der Waals surface area contributed by atoms with Crippen molar-refractivity contribution in [3.8, 4) is 0 Å². The van der Waals surface area contributed by atoms with Crippen molar-refractivity contribution < 1.29 is 0 Å². The number of nitrogens with one attached hydrogen (secondary N) is 1. The van der Waals surface area contributed by atoms with E-state index in [1.165, 1.54) is 28.7 Å². The second-order valence-electron chi connectivity index (χ2n) is 4.67. The van der Waals surface area contributed by atoms with Gasteiger partial charge in [-0.15, -0.1) is 0 Å². The molecule has 0 aromatic heterocycles. The molecule has 1 N–H and O–H groups in total. The average molecular weight is 283 g/mol. The van der Waals surface area contributed by atoms with Gasteiger partial charge in [-0.1, -0.05) is 22.0 Å². The zero-order valence-corrected chi connectivity index (χ0v) is 11.5. The molecular weight excluding hydrogens is 264 g/mol. The first-order chi connectivity index (χ1) is 7.66. The standard InChI is InChI=1S/C13H19BrN2/c1-10-3-4-12(7-13(10)14)16(2)9-11-5-6-15-8-11/h3-4,7,11,15H,5-6,8-9H2,1-2H3. The van der Waals surface area contributed by atoms with Crippen molar-refractivity contribution in [1.29, 1.82) is 0 Å². The predicted molar refractivity (Wildman–Crippen MR) is 73.1 cm³/mol. The highest BCUT2D eigenvalue weighted by molar-refractivity contribution is 9.10. The largest absolute Gasteiger partial charge is 0.374 e. The van der Waals surface area contributed by atoms with Gasteiger partial charge < -0.3 is 10.2 Å². The number of anilines is 1. The van der Waals surface area contributed by atoms with Crippen molar-refractivity contribution >= 4 is 21.6 Å². The first kappa shape index (κ1) is 11.9. The summed E-state index contributed by atoms with van der Waals surface area (Å²) in [5.74, 6) is 0.796. The van der Waals surface area contributed by atoms with Crippen molar-refractivity contribution in [2.75, 3.05) is 31.6 Å². The number of hydrogen-bond donors (Lipinski definition) is 1. The molecule has 0 bridgehead atoms. The molecule has 0 aliphatic carbocycles. The molecule has 0 spiro atoms. The Morgan fingerprint density at radius 2 is 2.31 bits per heavy atom. The third-order valence-electron chi connectivity index (χ3n) is 3.29. The lowest BCUT2D eigenvalue weighted by molar-refractivity contribution is 0.578. The molecular formula is C13H19BrN2. The second-order valence-corrected chi connectivity index (χ2v) is 5.53. The van der Waals surface area contributed by atoms with Crippen LogP contribution < -0.4 is 10.2 Å². The molecule has 0 radical (unpaired) electrons. The maximum Gasteiger partial charge on any atom is 0.0375 e. The smallest absolute Gasteiger partial charge is 0.0375 e. The lowest BCUT2D eigenvalue weighted by Gasteiger charge is -2.23. The Balaban J connectivity index is 2.02. The Morgan fingerprint density at radius 1 is 1.50 bits per heavy atom. The van der Waals surface area contributed by atoms with E-state index in [2.05, 4.69) is 58.3 Å². The third-order valence-corrected chi connectivity index (χ3v) is 4.14. The van der Waals surface area contributed by atoms with E-state index in [-0.39, 0.29) is 0 Å². The molecule has 88 valence electrons. The van der Waals surface area contributed by atoms with Gasteiger partial charge in [-0.2, -0.15) is 0 Å². The summed E-state index contributed by atoms with van der Waals surface area (Å²) in [4.78, 5) is 2.35. The van der Waals surface area contributed by atoms with Gasteiger partial charge >= 0.3 is 0 Å². The molecule has 1 aliphatic rings. The van der Waals surface area contributed by atoms with Crippen LogP contribution in [0.4, 0.5) is 5.69 Å². The Bertz CT molecular complexity index is 359. The van der Waals surface area contributed by atoms with Gasteiger partial charge in [-0.25, -0.2) is 0 Å². The van der Waals surface area contributed by atoms with Crippen LogP contribution in [0.3, 0.4) is 0 Å². The zero-order chi connectivity index (χ0) is 11.5. The van der Waals surface area contributed by atoms with Crippen molar-refractivity contribution in [2.45, 2.75) is 13.3 Å². The zero-order valence-electron chi connectivity index (χ0n) is 9.96. The summed E-state index contributed by atoms with van der Waals surface area (Å²) in [6.45, 7) is 5.60. The van der Waals surface area contributed by atoms with E-state index in [1.54, 1.807) is 0 Å². The lowest BCUT2D eigenvalue weighted by atomic mass is 10.1. The van der Waals surface area contributed by atoms with Crippen molar-refractivity contribution in [3.05, 3.63) is 28.2 Å². The molecule has 3 heteroatoms. The van der Waals surface area contributed by atoms with Gasteiger partial charge in [0, 0.05) is 23.8 Å². The number of rotatable bonds is 3. The predicted octanol–water partition coefficient (Wildman–Crippen LogP) is 2.80. The van der Waals surface area contributed by atoms with Gasteiger partial charge in [-0.3, -0.25) is 0 Å². The van der Waals surface area contributed by atoms with Crippen molar-refractivity contribution in [2.24, 2.45) is 5.92 Å². The molecule has 1 aliphatic heterocycles. The Hall–Kier alpha value is -0.540. The van der Waals surface area contributed by atoms with E-state index < -0.39 is 0 Å². The molecule has 0 saturated carbocycles. The van der Waals surface area contributed by atoms with Gasteiger partial charge in [-0.05, 0) is 50.0 Å². The molecule has 2 nitrogen and oxygen atoms in total. The Labute approximate surface area is 106 Å². The number of hydrogen-bond acceptors (Lipinski definition) is 2. The summed E-state index contributed by atoms with van der Waals surface area (Å²) in [5, 5.41) is 3.41. The van der Waals surface area contributed by atoms with Crippen LogP contribution in [0.1, 0.15) is 12.0 Å². The second kappa shape index (κ2) is 5.19. The lowest BCUT2D eigenvalue weighted by Crippen LogP contribution is -2.26. The van der Waals surface area contributed by atoms with Crippen molar-refractivity contribution in [3.63, 3.8) is 0 Å². The number of halogens is 1. The van der Waals surface area contributed by atoms with E-state index in [9.17, 15) is 0 Å². The fourth-order valence-corrected chi connectivity index (χ4v) is 2.55. The average Bonchev–Trinajstić information content (AvgIpc) is 2.74. The van der Waals surface area contributed by atoms with Crippen LogP contribution in [0.15, 0.2) is 22.7 Å². The summed E-state index contributed by atoms with van der Waals surface area (Å²) in [6, 6.07) is 6.57.